The Balaban J connectivity index is 1.11. The molecule has 32 heavy (non-hydrogen) atoms. The predicted octanol–water partition coefficient (Wildman–Crippen LogP) is 1.37. The molecule has 2 N–H and O–H groups in total. The molecule has 2 amide bonds. The van der Waals surface area contributed by atoms with E-state index in [9.17, 15) is 14.0 Å². The lowest BCUT2D eigenvalue weighted by Crippen LogP contribution is -2.30. The molecule has 168 valence electrons. The van der Waals surface area contributed by atoms with Gasteiger partial charge >= 0.3 is 6.09 Å². The van der Waals surface area contributed by atoms with Crippen molar-refractivity contribution in [2.75, 3.05) is 36.5 Å². The fourth-order valence-corrected chi connectivity index (χ4v) is 4.37. The zero-order chi connectivity index (χ0) is 22.2. The summed E-state index contributed by atoms with van der Waals surface area (Å²) >= 11 is 0. The first-order chi connectivity index (χ1) is 15.5. The molecule has 0 saturated carbocycles. The summed E-state index contributed by atoms with van der Waals surface area (Å²) in [5, 5.41) is 5.98. The number of aryl methyl sites for hydroxylation is 1. The highest BCUT2D eigenvalue weighted by Crippen LogP contribution is 2.30. The second-order valence-electron chi connectivity index (χ2n) is 8.25. The first kappa shape index (κ1) is 20.6. The molecular formula is C21H23FN6O4. The van der Waals surface area contributed by atoms with E-state index in [2.05, 4.69) is 25.6 Å². The molecule has 1 saturated heterocycles. The van der Waals surface area contributed by atoms with E-state index < -0.39 is 6.09 Å². The first-order valence-electron chi connectivity index (χ1n) is 10.6. The Morgan fingerprint density at radius 2 is 2.09 bits per heavy atom. The van der Waals surface area contributed by atoms with Gasteiger partial charge in [-0.25, -0.2) is 19.2 Å². The Morgan fingerprint density at radius 1 is 1.25 bits per heavy atom. The van der Waals surface area contributed by atoms with Crippen LogP contribution in [0.4, 0.5) is 20.8 Å². The monoisotopic (exact) mass is 442 g/mol. The number of fused-ring (bicyclic) bond motifs is 2. The lowest BCUT2D eigenvalue weighted by atomic mass is 10.1. The summed E-state index contributed by atoms with van der Waals surface area (Å²) in [7, 11) is 0. The van der Waals surface area contributed by atoms with Crippen LogP contribution in [0, 0.1) is 18.7 Å². The summed E-state index contributed by atoms with van der Waals surface area (Å²) < 4.78 is 24.6. The number of anilines is 2. The summed E-state index contributed by atoms with van der Waals surface area (Å²) in [5.41, 5.74) is 2.72. The highest BCUT2D eigenvalue weighted by atomic mass is 19.1. The van der Waals surface area contributed by atoms with Crippen LogP contribution in [0.5, 0.6) is 5.88 Å². The van der Waals surface area contributed by atoms with Crippen LogP contribution in [-0.4, -0.2) is 59.3 Å². The van der Waals surface area contributed by atoms with Gasteiger partial charge < -0.3 is 20.1 Å². The van der Waals surface area contributed by atoms with Gasteiger partial charge in [-0.15, -0.1) is 0 Å². The van der Waals surface area contributed by atoms with Crippen molar-refractivity contribution in [2.24, 2.45) is 5.92 Å². The smallest absolute Gasteiger partial charge is 0.415 e. The Hall–Kier alpha value is -3.34. The molecule has 0 radical (unpaired) electrons. The van der Waals surface area contributed by atoms with Crippen LogP contribution in [0.25, 0.3) is 0 Å². The van der Waals surface area contributed by atoms with Gasteiger partial charge in [-0.2, -0.15) is 0 Å². The van der Waals surface area contributed by atoms with E-state index in [1.807, 2.05) is 6.92 Å². The maximum atomic E-state index is 14.0. The van der Waals surface area contributed by atoms with E-state index in [4.69, 9.17) is 9.47 Å². The zero-order valence-corrected chi connectivity index (χ0v) is 17.6. The average Bonchev–Trinajstić information content (AvgIpc) is 3.38. The summed E-state index contributed by atoms with van der Waals surface area (Å²) in [4.78, 5) is 37.7. The molecule has 2 unspecified atom stereocenters. The highest BCUT2D eigenvalue weighted by molar-refractivity contribution is 5.94. The fourth-order valence-electron chi connectivity index (χ4n) is 4.37. The van der Waals surface area contributed by atoms with Crippen molar-refractivity contribution in [2.45, 2.75) is 32.3 Å². The molecule has 1 aliphatic carbocycles. The molecule has 10 nitrogen and oxygen atoms in total. The Morgan fingerprint density at radius 3 is 2.94 bits per heavy atom. The molecule has 11 heteroatoms. The third-order valence-corrected chi connectivity index (χ3v) is 6.00. The van der Waals surface area contributed by atoms with E-state index in [-0.39, 0.29) is 36.1 Å². The van der Waals surface area contributed by atoms with E-state index in [0.717, 1.165) is 29.8 Å². The number of amides is 2. The quantitative estimate of drug-likeness (QED) is 0.644. The lowest BCUT2D eigenvalue weighted by molar-refractivity contribution is -0.118. The zero-order valence-electron chi connectivity index (χ0n) is 17.6. The van der Waals surface area contributed by atoms with E-state index >= 15 is 0 Å². The Labute approximate surface area is 183 Å². The van der Waals surface area contributed by atoms with Crippen LogP contribution in [0.1, 0.15) is 23.2 Å². The minimum absolute atomic E-state index is 0.111. The van der Waals surface area contributed by atoms with Crippen LogP contribution in [0.3, 0.4) is 0 Å². The van der Waals surface area contributed by atoms with Crippen molar-refractivity contribution in [1.29, 1.82) is 0 Å². The topological polar surface area (TPSA) is 119 Å². The number of cyclic esters (lactones) is 1. The largest absolute Gasteiger partial charge is 0.465 e. The SMILES string of the molecule is Cc1ncc(F)c2c1CC(CNCCC1CN(c3cnc4c(n3)NC(=O)CO4)C(=O)O1)C2. The average molecular weight is 442 g/mol. The molecule has 0 bridgehead atoms. The van der Waals surface area contributed by atoms with Crippen LogP contribution >= 0.6 is 0 Å². The highest BCUT2D eigenvalue weighted by Gasteiger charge is 2.34. The molecule has 4 heterocycles. The summed E-state index contributed by atoms with van der Waals surface area (Å²) in [6, 6.07) is 0. The van der Waals surface area contributed by atoms with Crippen molar-refractivity contribution in [3.8, 4) is 5.88 Å². The molecule has 5 rings (SSSR count). The number of pyridine rings is 1. The van der Waals surface area contributed by atoms with Gasteiger partial charge in [0, 0.05) is 5.69 Å². The minimum Gasteiger partial charge on any atom is -0.465 e. The summed E-state index contributed by atoms with van der Waals surface area (Å²) in [6.07, 6.45) is 4.10. The van der Waals surface area contributed by atoms with Crippen LogP contribution in [0.2, 0.25) is 0 Å². The Kier molecular flexibility index (Phi) is 5.33. The standard InChI is InChI=1S/C21H23FN6O4/c1-11-14-4-12(5-15(14)16(22)7-24-11)6-23-3-2-13-9-28(21(30)32-13)17-8-25-20-19(26-17)27-18(29)10-31-20/h7-8,12-13,23H,2-6,9-10H2,1H3,(H,26,27,29). The van der Waals surface area contributed by atoms with Crippen LogP contribution < -0.4 is 20.3 Å². The normalized spacial score (nSPS) is 21.6. The number of carbonyl (C=O) groups is 2. The van der Waals surface area contributed by atoms with E-state index in [0.29, 0.717) is 37.7 Å². The van der Waals surface area contributed by atoms with Gasteiger partial charge in [-0.3, -0.25) is 14.7 Å². The van der Waals surface area contributed by atoms with Gasteiger partial charge in [0.05, 0.1) is 18.9 Å². The van der Waals surface area contributed by atoms with Crippen molar-refractivity contribution in [1.82, 2.24) is 20.3 Å². The number of hydrogen-bond donors (Lipinski definition) is 2. The van der Waals surface area contributed by atoms with Crippen LogP contribution in [-0.2, 0) is 22.4 Å². The number of carbonyl (C=O) groups excluding carboxylic acids is 2. The van der Waals surface area contributed by atoms with Gasteiger partial charge in [0.1, 0.15) is 11.9 Å². The van der Waals surface area contributed by atoms with Gasteiger partial charge in [0.2, 0.25) is 0 Å². The molecule has 2 aromatic heterocycles. The summed E-state index contributed by atoms with van der Waals surface area (Å²) in [5.74, 6) is 0.495. The van der Waals surface area contributed by atoms with Crippen molar-refractivity contribution < 1.29 is 23.5 Å². The third-order valence-electron chi connectivity index (χ3n) is 6.00. The Bertz CT molecular complexity index is 1050. The van der Waals surface area contributed by atoms with Crippen molar-refractivity contribution in [3.63, 3.8) is 0 Å². The molecule has 1 fully saturated rings. The molecule has 2 aliphatic heterocycles. The lowest BCUT2D eigenvalue weighted by Gasteiger charge is -2.18. The van der Waals surface area contributed by atoms with E-state index in [1.165, 1.54) is 17.3 Å². The summed E-state index contributed by atoms with van der Waals surface area (Å²) in [6.45, 7) is 3.57. The van der Waals surface area contributed by atoms with Gasteiger partial charge in [0.25, 0.3) is 11.8 Å². The fraction of sp³-hybridized carbons (Fsp3) is 0.476. The molecule has 2 atom stereocenters. The number of nitrogens with zero attached hydrogens (tertiary/aromatic N) is 4. The number of rotatable bonds is 6. The molecule has 0 spiro atoms. The van der Waals surface area contributed by atoms with Gasteiger partial charge in [-0.05, 0) is 56.3 Å². The second-order valence-corrected chi connectivity index (χ2v) is 8.25. The predicted molar refractivity (Wildman–Crippen MR) is 111 cm³/mol. The maximum Gasteiger partial charge on any atom is 0.415 e. The maximum absolute atomic E-state index is 14.0. The molecule has 2 aromatic rings. The first-order valence-corrected chi connectivity index (χ1v) is 10.6. The van der Waals surface area contributed by atoms with Crippen molar-refractivity contribution in [3.05, 3.63) is 35.0 Å². The number of halogens is 1. The van der Waals surface area contributed by atoms with Crippen molar-refractivity contribution >= 4 is 23.6 Å². The number of ether oxygens (including phenoxy) is 2. The van der Waals surface area contributed by atoms with Gasteiger partial charge in [0.15, 0.2) is 18.2 Å². The second kappa shape index (κ2) is 8.30. The van der Waals surface area contributed by atoms with E-state index in [1.54, 1.807) is 0 Å². The molecule has 0 aromatic carbocycles. The third kappa shape index (κ3) is 3.95. The van der Waals surface area contributed by atoms with Crippen LogP contribution in [0.15, 0.2) is 12.4 Å². The number of aromatic nitrogens is 3. The molecule has 3 aliphatic rings. The van der Waals surface area contributed by atoms with Gasteiger partial charge in [-0.1, -0.05) is 0 Å². The number of nitrogens with one attached hydrogen (secondary N) is 2. The molecular weight excluding hydrogens is 419 g/mol. The number of hydrogen-bond acceptors (Lipinski definition) is 8. The minimum atomic E-state index is -0.503.